The van der Waals surface area contributed by atoms with E-state index in [9.17, 15) is 5.11 Å². The van der Waals surface area contributed by atoms with E-state index >= 15 is 0 Å². The number of rotatable bonds is 6. The van der Waals surface area contributed by atoms with Crippen molar-refractivity contribution < 1.29 is 5.11 Å². The zero-order valence-electron chi connectivity index (χ0n) is 8.89. The Balaban J connectivity index is 2.68. The first kappa shape index (κ1) is 11.5. The van der Waals surface area contributed by atoms with E-state index < -0.39 is 0 Å². The van der Waals surface area contributed by atoms with E-state index in [-0.39, 0.29) is 0 Å². The Labute approximate surface area is 91.2 Å². The van der Waals surface area contributed by atoms with Gasteiger partial charge >= 0.3 is 0 Å². The lowest BCUT2D eigenvalue weighted by atomic mass is 10.2. The molecule has 0 bridgehead atoms. The summed E-state index contributed by atoms with van der Waals surface area (Å²) in [5, 5.41) is 9.62. The van der Waals surface area contributed by atoms with Crippen molar-refractivity contribution in [2.75, 3.05) is 13.1 Å². The minimum atomic E-state index is 0.343. The summed E-state index contributed by atoms with van der Waals surface area (Å²) < 4.78 is 0. The largest absolute Gasteiger partial charge is 0.508 e. The molecule has 0 spiro atoms. The predicted molar refractivity (Wildman–Crippen MR) is 63.8 cm³/mol. The van der Waals surface area contributed by atoms with Crippen molar-refractivity contribution in [2.45, 2.75) is 6.54 Å². The van der Waals surface area contributed by atoms with Crippen molar-refractivity contribution in [3.63, 3.8) is 0 Å². The summed E-state index contributed by atoms with van der Waals surface area (Å²) in [5.74, 6) is 0.343. The molecule has 0 unspecified atom stereocenters. The molecule has 15 heavy (non-hydrogen) atoms. The molecule has 0 amide bonds. The third kappa shape index (κ3) is 3.60. The van der Waals surface area contributed by atoms with E-state index in [1.165, 1.54) is 0 Å². The topological polar surface area (TPSA) is 23.5 Å². The summed E-state index contributed by atoms with van der Waals surface area (Å²) in [4.78, 5) is 2.15. The first-order valence-corrected chi connectivity index (χ1v) is 4.99. The summed E-state index contributed by atoms with van der Waals surface area (Å²) in [7, 11) is 0. The first-order chi connectivity index (χ1) is 7.27. The minimum absolute atomic E-state index is 0.343. The van der Waals surface area contributed by atoms with Crippen LogP contribution < -0.4 is 0 Å². The van der Waals surface area contributed by atoms with Gasteiger partial charge in [0, 0.05) is 25.2 Å². The van der Waals surface area contributed by atoms with E-state index in [2.05, 4.69) is 18.1 Å². The van der Waals surface area contributed by atoms with E-state index in [0.29, 0.717) is 12.3 Å². The highest BCUT2D eigenvalue weighted by Crippen LogP contribution is 2.17. The third-order valence-electron chi connectivity index (χ3n) is 2.16. The second kappa shape index (κ2) is 6.04. The van der Waals surface area contributed by atoms with E-state index in [1.54, 1.807) is 6.07 Å². The van der Waals surface area contributed by atoms with Gasteiger partial charge in [-0.2, -0.15) is 0 Å². The number of hydrogen-bond donors (Lipinski definition) is 1. The molecule has 0 heterocycles. The van der Waals surface area contributed by atoms with Gasteiger partial charge in [0.1, 0.15) is 5.75 Å². The molecule has 0 saturated heterocycles. The SMILES string of the molecule is C=CCN(CC=C)Cc1ccccc1O. The van der Waals surface area contributed by atoms with Gasteiger partial charge in [0.25, 0.3) is 0 Å². The molecule has 0 aliphatic heterocycles. The molecule has 0 aromatic heterocycles. The third-order valence-corrected chi connectivity index (χ3v) is 2.16. The molecule has 2 nitrogen and oxygen atoms in total. The molecular formula is C13H17NO. The lowest BCUT2D eigenvalue weighted by Gasteiger charge is -2.19. The molecule has 1 rings (SSSR count). The van der Waals surface area contributed by atoms with Crippen molar-refractivity contribution in [3.05, 3.63) is 55.1 Å². The van der Waals surface area contributed by atoms with Crippen LogP contribution in [-0.4, -0.2) is 23.1 Å². The van der Waals surface area contributed by atoms with Gasteiger partial charge in [-0.25, -0.2) is 0 Å². The zero-order valence-corrected chi connectivity index (χ0v) is 8.89. The van der Waals surface area contributed by atoms with Gasteiger partial charge in [-0.1, -0.05) is 30.4 Å². The Morgan fingerprint density at radius 3 is 2.27 bits per heavy atom. The quantitative estimate of drug-likeness (QED) is 0.718. The average molecular weight is 203 g/mol. The van der Waals surface area contributed by atoms with Crippen LogP contribution in [0.1, 0.15) is 5.56 Å². The Bertz CT molecular complexity index is 323. The highest BCUT2D eigenvalue weighted by Gasteiger charge is 2.05. The van der Waals surface area contributed by atoms with Crippen molar-refractivity contribution >= 4 is 0 Å². The molecule has 1 N–H and O–H groups in total. The number of aromatic hydroxyl groups is 1. The fourth-order valence-corrected chi connectivity index (χ4v) is 1.45. The summed E-state index contributed by atoms with van der Waals surface area (Å²) >= 11 is 0. The number of benzene rings is 1. The standard InChI is InChI=1S/C13H17NO/c1-3-9-14(10-4-2)11-12-7-5-6-8-13(12)15/h3-8,15H,1-2,9-11H2. The Kier molecular flexibility index (Phi) is 4.64. The van der Waals surface area contributed by atoms with E-state index in [0.717, 1.165) is 18.7 Å². The fourth-order valence-electron chi connectivity index (χ4n) is 1.45. The molecule has 0 saturated carbocycles. The van der Waals surface area contributed by atoms with Crippen LogP contribution in [0.3, 0.4) is 0 Å². The van der Waals surface area contributed by atoms with Crippen molar-refractivity contribution in [1.29, 1.82) is 0 Å². The summed E-state index contributed by atoms with van der Waals surface area (Å²) in [6.07, 6.45) is 3.70. The van der Waals surface area contributed by atoms with E-state index in [1.807, 2.05) is 30.4 Å². The maximum Gasteiger partial charge on any atom is 0.120 e. The van der Waals surface area contributed by atoms with Crippen LogP contribution in [0.15, 0.2) is 49.6 Å². The lowest BCUT2D eigenvalue weighted by Crippen LogP contribution is -2.23. The lowest BCUT2D eigenvalue weighted by molar-refractivity contribution is 0.321. The normalized spacial score (nSPS) is 10.2. The smallest absolute Gasteiger partial charge is 0.120 e. The molecule has 0 radical (unpaired) electrons. The molecule has 2 heteroatoms. The first-order valence-electron chi connectivity index (χ1n) is 4.99. The van der Waals surface area contributed by atoms with Crippen LogP contribution >= 0.6 is 0 Å². The van der Waals surface area contributed by atoms with Crippen molar-refractivity contribution in [2.24, 2.45) is 0 Å². The molecule has 0 aliphatic rings. The number of para-hydroxylation sites is 1. The monoisotopic (exact) mass is 203 g/mol. The Morgan fingerprint density at radius 2 is 1.73 bits per heavy atom. The Hall–Kier alpha value is -1.54. The number of nitrogens with zero attached hydrogens (tertiary/aromatic N) is 1. The van der Waals surface area contributed by atoms with Gasteiger partial charge in [-0.15, -0.1) is 13.2 Å². The molecule has 0 atom stereocenters. The maximum atomic E-state index is 9.62. The summed E-state index contributed by atoms with van der Waals surface area (Å²) in [6.45, 7) is 9.71. The van der Waals surface area contributed by atoms with Crippen molar-refractivity contribution in [3.8, 4) is 5.75 Å². The molecular weight excluding hydrogens is 186 g/mol. The summed E-state index contributed by atoms with van der Waals surface area (Å²) in [6, 6.07) is 7.38. The molecule has 0 aliphatic carbocycles. The number of phenols is 1. The van der Waals surface area contributed by atoms with Crippen LogP contribution in [0.4, 0.5) is 0 Å². The minimum Gasteiger partial charge on any atom is -0.508 e. The molecule has 1 aromatic carbocycles. The van der Waals surface area contributed by atoms with Gasteiger partial charge in [0.2, 0.25) is 0 Å². The highest BCUT2D eigenvalue weighted by atomic mass is 16.3. The van der Waals surface area contributed by atoms with Gasteiger partial charge in [-0.3, -0.25) is 4.90 Å². The molecule has 0 fully saturated rings. The van der Waals surface area contributed by atoms with Gasteiger partial charge in [0.05, 0.1) is 0 Å². The maximum absolute atomic E-state index is 9.62. The van der Waals surface area contributed by atoms with Gasteiger partial charge in [-0.05, 0) is 6.07 Å². The van der Waals surface area contributed by atoms with Crippen LogP contribution in [-0.2, 0) is 6.54 Å². The van der Waals surface area contributed by atoms with Crippen molar-refractivity contribution in [1.82, 2.24) is 4.90 Å². The summed E-state index contributed by atoms with van der Waals surface area (Å²) in [5.41, 5.74) is 0.932. The second-order valence-electron chi connectivity index (χ2n) is 3.40. The van der Waals surface area contributed by atoms with Crippen LogP contribution in [0.2, 0.25) is 0 Å². The van der Waals surface area contributed by atoms with Crippen LogP contribution in [0.25, 0.3) is 0 Å². The van der Waals surface area contributed by atoms with E-state index in [4.69, 9.17) is 0 Å². The Morgan fingerprint density at radius 1 is 1.13 bits per heavy atom. The zero-order chi connectivity index (χ0) is 11.1. The molecule has 1 aromatic rings. The predicted octanol–water partition coefficient (Wildman–Crippen LogP) is 2.57. The van der Waals surface area contributed by atoms with Crippen LogP contribution in [0, 0.1) is 0 Å². The number of phenolic OH excluding ortho intramolecular Hbond substituents is 1. The highest BCUT2D eigenvalue weighted by molar-refractivity contribution is 5.31. The fraction of sp³-hybridized carbons (Fsp3) is 0.231. The number of hydrogen-bond acceptors (Lipinski definition) is 2. The second-order valence-corrected chi connectivity index (χ2v) is 3.40. The molecule has 80 valence electrons. The van der Waals surface area contributed by atoms with Gasteiger partial charge < -0.3 is 5.11 Å². The van der Waals surface area contributed by atoms with Crippen LogP contribution in [0.5, 0.6) is 5.75 Å². The average Bonchev–Trinajstić information content (AvgIpc) is 2.22. The van der Waals surface area contributed by atoms with Gasteiger partial charge in [0.15, 0.2) is 0 Å².